The summed E-state index contributed by atoms with van der Waals surface area (Å²) in [7, 11) is 2.06. The average molecular weight is 488 g/mol. The van der Waals surface area contributed by atoms with E-state index in [0.717, 1.165) is 43.0 Å². The zero-order valence-electron chi connectivity index (χ0n) is 19.5. The Kier molecular flexibility index (Phi) is 6.57. The summed E-state index contributed by atoms with van der Waals surface area (Å²) in [5.41, 5.74) is 3.11. The lowest BCUT2D eigenvalue weighted by Gasteiger charge is -2.32. The number of benzene rings is 3. The maximum absolute atomic E-state index is 13.4. The molecule has 5 rings (SSSR count). The Labute approximate surface area is 210 Å². The quantitative estimate of drug-likeness (QED) is 0.501. The largest absolute Gasteiger partial charge is 0.449 e. The standard InChI is InChI=1S/C28H26ClN3O3/c1-30-14-16-31(17-15-30)27(33)22-10-6-20(7-11-22)18-26-28(34)32(19-21-8-12-23(29)13-9-21)24-4-2-3-5-25(24)35-26/h2-13,18H,14-17,19H2,1H3/b26-18-. The third-order valence-electron chi connectivity index (χ3n) is 6.33. The lowest BCUT2D eigenvalue weighted by atomic mass is 10.1. The third kappa shape index (κ3) is 5.09. The Morgan fingerprint density at radius 3 is 2.34 bits per heavy atom. The first-order valence-electron chi connectivity index (χ1n) is 11.6. The first-order valence-corrected chi connectivity index (χ1v) is 12.0. The fourth-order valence-electron chi connectivity index (χ4n) is 4.26. The van der Waals surface area contributed by atoms with Gasteiger partial charge in [-0.3, -0.25) is 14.5 Å². The minimum absolute atomic E-state index is 0.0327. The van der Waals surface area contributed by atoms with Gasteiger partial charge in [-0.2, -0.15) is 0 Å². The van der Waals surface area contributed by atoms with E-state index in [1.165, 1.54) is 0 Å². The van der Waals surface area contributed by atoms with Gasteiger partial charge in [-0.25, -0.2) is 0 Å². The van der Waals surface area contributed by atoms with Crippen molar-refractivity contribution in [2.75, 3.05) is 38.1 Å². The van der Waals surface area contributed by atoms with Crippen LogP contribution in [0.3, 0.4) is 0 Å². The van der Waals surface area contributed by atoms with Crippen molar-refractivity contribution in [3.8, 4) is 5.75 Å². The van der Waals surface area contributed by atoms with Crippen molar-refractivity contribution in [3.05, 3.63) is 100 Å². The Bertz CT molecular complexity index is 1260. The number of carbonyl (C=O) groups excluding carboxylic acids is 2. The van der Waals surface area contributed by atoms with Crippen molar-refractivity contribution in [2.45, 2.75) is 6.54 Å². The minimum Gasteiger partial charge on any atom is -0.449 e. The smallest absolute Gasteiger partial charge is 0.294 e. The zero-order valence-corrected chi connectivity index (χ0v) is 20.2. The van der Waals surface area contributed by atoms with E-state index in [-0.39, 0.29) is 17.6 Å². The number of nitrogens with zero attached hydrogens (tertiary/aromatic N) is 3. The first kappa shape index (κ1) is 23.1. The maximum Gasteiger partial charge on any atom is 0.294 e. The van der Waals surface area contributed by atoms with E-state index in [0.29, 0.717) is 22.9 Å². The van der Waals surface area contributed by atoms with Gasteiger partial charge in [0.25, 0.3) is 11.8 Å². The molecule has 0 atom stereocenters. The van der Waals surface area contributed by atoms with E-state index in [1.807, 2.05) is 65.6 Å². The highest BCUT2D eigenvalue weighted by molar-refractivity contribution is 6.30. The monoisotopic (exact) mass is 487 g/mol. The number of halogens is 1. The molecule has 1 fully saturated rings. The molecular weight excluding hydrogens is 462 g/mol. The zero-order chi connectivity index (χ0) is 24.4. The molecule has 3 aromatic rings. The van der Waals surface area contributed by atoms with Gasteiger partial charge in [0.05, 0.1) is 12.2 Å². The summed E-state index contributed by atoms with van der Waals surface area (Å²) in [5.74, 6) is 0.659. The van der Waals surface area contributed by atoms with Gasteiger partial charge in [0, 0.05) is 36.8 Å². The van der Waals surface area contributed by atoms with Gasteiger partial charge in [-0.05, 0) is 60.6 Å². The molecule has 0 N–H and O–H groups in total. The van der Waals surface area contributed by atoms with E-state index in [1.54, 1.807) is 23.1 Å². The van der Waals surface area contributed by atoms with Crippen molar-refractivity contribution >= 4 is 35.2 Å². The molecule has 2 aliphatic rings. The van der Waals surface area contributed by atoms with Crippen LogP contribution in [0, 0.1) is 0 Å². The van der Waals surface area contributed by atoms with Crippen LogP contribution < -0.4 is 9.64 Å². The Hall–Kier alpha value is -3.61. The topological polar surface area (TPSA) is 53.1 Å². The molecule has 0 saturated carbocycles. The van der Waals surface area contributed by atoms with E-state index in [4.69, 9.17) is 16.3 Å². The van der Waals surface area contributed by atoms with Gasteiger partial charge in [-0.15, -0.1) is 0 Å². The molecule has 0 radical (unpaired) electrons. The predicted octanol–water partition coefficient (Wildman–Crippen LogP) is 4.69. The summed E-state index contributed by atoms with van der Waals surface area (Å²) < 4.78 is 5.99. The lowest BCUT2D eigenvalue weighted by molar-refractivity contribution is -0.117. The Morgan fingerprint density at radius 1 is 0.943 bits per heavy atom. The summed E-state index contributed by atoms with van der Waals surface area (Å²) in [6.45, 7) is 3.61. The summed E-state index contributed by atoms with van der Waals surface area (Å²) in [5, 5.41) is 0.651. The lowest BCUT2D eigenvalue weighted by Crippen LogP contribution is -2.47. The number of hydrogen-bond donors (Lipinski definition) is 0. The number of para-hydroxylation sites is 2. The molecule has 2 amide bonds. The van der Waals surface area contributed by atoms with Crippen molar-refractivity contribution in [1.82, 2.24) is 9.80 Å². The van der Waals surface area contributed by atoms with Crippen LogP contribution in [0.1, 0.15) is 21.5 Å². The van der Waals surface area contributed by atoms with Gasteiger partial charge < -0.3 is 14.5 Å². The molecule has 35 heavy (non-hydrogen) atoms. The molecule has 0 aliphatic carbocycles. The summed E-state index contributed by atoms with van der Waals surface area (Å²) >= 11 is 6.02. The van der Waals surface area contributed by atoms with Crippen molar-refractivity contribution in [2.24, 2.45) is 0 Å². The van der Waals surface area contributed by atoms with Crippen LogP contribution in [0.2, 0.25) is 5.02 Å². The molecule has 1 saturated heterocycles. The SMILES string of the molecule is CN1CCN(C(=O)c2ccc(/C=C3\Oc4ccccc4N(Cc4ccc(Cl)cc4)C3=O)cc2)CC1. The molecule has 0 bridgehead atoms. The Morgan fingerprint density at radius 2 is 1.63 bits per heavy atom. The van der Waals surface area contributed by atoms with Crippen LogP contribution >= 0.6 is 11.6 Å². The predicted molar refractivity (Wildman–Crippen MR) is 138 cm³/mol. The summed E-state index contributed by atoms with van der Waals surface area (Å²) in [6.07, 6.45) is 1.72. The molecule has 2 aliphatic heterocycles. The molecule has 0 spiro atoms. The second kappa shape index (κ2) is 9.94. The van der Waals surface area contributed by atoms with Gasteiger partial charge in [0.2, 0.25) is 0 Å². The summed E-state index contributed by atoms with van der Waals surface area (Å²) in [4.78, 5) is 32.1. The second-order valence-corrected chi connectivity index (χ2v) is 9.25. The van der Waals surface area contributed by atoms with Crippen LogP contribution in [0.25, 0.3) is 6.08 Å². The molecular formula is C28H26ClN3O3. The molecule has 0 aromatic heterocycles. The fourth-order valence-corrected chi connectivity index (χ4v) is 4.38. The van der Waals surface area contributed by atoms with Gasteiger partial charge in [0.15, 0.2) is 11.5 Å². The van der Waals surface area contributed by atoms with E-state index < -0.39 is 0 Å². The van der Waals surface area contributed by atoms with E-state index >= 15 is 0 Å². The molecule has 0 unspecified atom stereocenters. The Balaban J connectivity index is 1.37. The third-order valence-corrected chi connectivity index (χ3v) is 6.58. The van der Waals surface area contributed by atoms with Gasteiger partial charge in [-0.1, -0.05) is 48.0 Å². The van der Waals surface area contributed by atoms with Gasteiger partial charge in [0.1, 0.15) is 0 Å². The van der Waals surface area contributed by atoms with E-state index in [2.05, 4.69) is 11.9 Å². The number of amides is 2. The van der Waals surface area contributed by atoms with Crippen LogP contribution in [-0.4, -0.2) is 54.8 Å². The molecule has 6 nitrogen and oxygen atoms in total. The number of fused-ring (bicyclic) bond motifs is 1. The van der Waals surface area contributed by atoms with Crippen molar-refractivity contribution in [1.29, 1.82) is 0 Å². The number of hydrogen-bond acceptors (Lipinski definition) is 4. The number of carbonyl (C=O) groups is 2. The number of piperazine rings is 1. The van der Waals surface area contributed by atoms with Crippen molar-refractivity contribution < 1.29 is 14.3 Å². The highest BCUT2D eigenvalue weighted by Crippen LogP contribution is 2.36. The van der Waals surface area contributed by atoms with Crippen LogP contribution in [0.5, 0.6) is 5.75 Å². The normalized spacial score (nSPS) is 17.3. The molecule has 3 aromatic carbocycles. The molecule has 2 heterocycles. The van der Waals surface area contributed by atoms with Gasteiger partial charge >= 0.3 is 0 Å². The van der Waals surface area contributed by atoms with E-state index in [9.17, 15) is 9.59 Å². The average Bonchev–Trinajstić information content (AvgIpc) is 2.88. The summed E-state index contributed by atoms with van der Waals surface area (Å²) in [6, 6.07) is 22.2. The number of rotatable bonds is 4. The minimum atomic E-state index is -0.226. The number of ether oxygens (including phenoxy) is 1. The first-order chi connectivity index (χ1) is 17.0. The maximum atomic E-state index is 13.4. The number of anilines is 1. The van der Waals surface area contributed by atoms with Crippen molar-refractivity contribution in [3.63, 3.8) is 0 Å². The highest BCUT2D eigenvalue weighted by atomic mass is 35.5. The molecule has 178 valence electrons. The second-order valence-electron chi connectivity index (χ2n) is 8.81. The highest BCUT2D eigenvalue weighted by Gasteiger charge is 2.30. The molecule has 7 heteroatoms. The van der Waals surface area contributed by atoms with Crippen LogP contribution in [0.15, 0.2) is 78.6 Å². The van der Waals surface area contributed by atoms with Crippen LogP contribution in [-0.2, 0) is 11.3 Å². The number of likely N-dealkylation sites (N-methyl/N-ethyl adjacent to an activating group) is 1. The fraction of sp³-hybridized carbons (Fsp3) is 0.214. The van der Waals surface area contributed by atoms with Crippen LogP contribution in [0.4, 0.5) is 5.69 Å².